The maximum atomic E-state index is 12.9. The average molecular weight is 471 g/mol. The Hall–Kier alpha value is -4.07. The van der Waals surface area contributed by atoms with Crippen LogP contribution in [0.2, 0.25) is 0 Å². The van der Waals surface area contributed by atoms with Gasteiger partial charge >= 0.3 is 0 Å². The number of hydrogen-bond donors (Lipinski definition) is 2. The highest BCUT2D eigenvalue weighted by molar-refractivity contribution is 5.98. The van der Waals surface area contributed by atoms with Crippen molar-refractivity contribution in [2.24, 2.45) is 0 Å². The normalized spacial score (nSPS) is 10.8. The van der Waals surface area contributed by atoms with Gasteiger partial charge < -0.3 is 10.1 Å². The van der Waals surface area contributed by atoms with Gasteiger partial charge in [0, 0.05) is 23.9 Å². The summed E-state index contributed by atoms with van der Waals surface area (Å²) in [4.78, 5) is 17.6. The molecule has 0 spiro atoms. The first-order chi connectivity index (χ1) is 17.1. The number of H-pyrrole nitrogens is 1. The van der Waals surface area contributed by atoms with Gasteiger partial charge in [-0.15, -0.1) is 10.2 Å². The molecule has 4 rings (SSSR count). The second kappa shape index (κ2) is 11.4. The Balaban J connectivity index is 1.57. The molecule has 0 aliphatic carbocycles. The fraction of sp³-hybridized carbons (Fsp3) is 0.296. The molecule has 0 bridgehead atoms. The minimum atomic E-state index is -0.137. The highest BCUT2D eigenvalue weighted by atomic mass is 16.5. The minimum Gasteiger partial charge on any atom is -0.488 e. The number of hydrogen-bond acceptors (Lipinski definition) is 6. The Kier molecular flexibility index (Phi) is 7.82. The Morgan fingerprint density at radius 2 is 1.77 bits per heavy atom. The predicted octanol–water partition coefficient (Wildman–Crippen LogP) is 4.77. The molecule has 2 N–H and O–H groups in total. The summed E-state index contributed by atoms with van der Waals surface area (Å²) in [5.41, 5.74) is 6.18. The maximum absolute atomic E-state index is 12.9. The van der Waals surface area contributed by atoms with Crippen LogP contribution in [0.1, 0.15) is 54.5 Å². The lowest BCUT2D eigenvalue weighted by molar-refractivity contribution is 0.0947. The van der Waals surface area contributed by atoms with E-state index in [1.165, 1.54) is 0 Å². The number of aryl methyl sites for hydroxylation is 2. The summed E-state index contributed by atoms with van der Waals surface area (Å²) in [5, 5.41) is 17.4. The standard InChI is InChI=1S/C27H30N6O2/c1-4-15-28-27(34)25-23(6-3)29-20(5-2)16-24(25)35-17-18-11-13-19(14-12-18)21-9-7-8-10-22(21)26-30-32-33-31-26/h7-14,16H,4-6,15,17H2,1-3H3,(H,28,34)(H,30,31,32,33). The number of carbonyl (C=O) groups is 1. The third-order valence-corrected chi connectivity index (χ3v) is 5.74. The lowest BCUT2D eigenvalue weighted by Crippen LogP contribution is -2.26. The van der Waals surface area contributed by atoms with E-state index in [1.807, 2.05) is 75.4 Å². The van der Waals surface area contributed by atoms with Crippen molar-refractivity contribution in [3.05, 3.63) is 77.1 Å². The predicted molar refractivity (Wildman–Crippen MR) is 135 cm³/mol. The monoisotopic (exact) mass is 470 g/mol. The van der Waals surface area contributed by atoms with E-state index in [1.54, 1.807) is 0 Å². The first kappa shape index (κ1) is 24.1. The largest absolute Gasteiger partial charge is 0.488 e. The fourth-order valence-electron chi connectivity index (χ4n) is 3.90. The smallest absolute Gasteiger partial charge is 0.256 e. The number of nitrogens with zero attached hydrogens (tertiary/aromatic N) is 4. The third kappa shape index (κ3) is 5.54. The van der Waals surface area contributed by atoms with Crippen molar-refractivity contribution in [2.75, 3.05) is 6.54 Å². The number of amides is 1. The SMILES string of the molecule is CCCNC(=O)c1c(OCc2ccc(-c3ccccc3-c3nn[nH]n3)cc2)cc(CC)nc1CC. The Bertz CT molecular complexity index is 1270. The molecule has 0 aliphatic rings. The van der Waals surface area contributed by atoms with Gasteiger partial charge in [0.25, 0.3) is 5.91 Å². The highest BCUT2D eigenvalue weighted by Gasteiger charge is 2.19. The molecule has 4 aromatic rings. The van der Waals surface area contributed by atoms with Crippen LogP contribution in [0.3, 0.4) is 0 Å². The fourth-order valence-corrected chi connectivity index (χ4v) is 3.90. The van der Waals surface area contributed by atoms with E-state index in [0.717, 1.165) is 46.5 Å². The van der Waals surface area contributed by atoms with Crippen molar-refractivity contribution in [2.45, 2.75) is 46.6 Å². The maximum Gasteiger partial charge on any atom is 0.256 e. The molecule has 180 valence electrons. The van der Waals surface area contributed by atoms with E-state index in [2.05, 4.69) is 30.9 Å². The number of aromatic amines is 1. The van der Waals surface area contributed by atoms with Gasteiger partial charge in [-0.3, -0.25) is 9.78 Å². The number of aromatic nitrogens is 5. The Labute approximate surface area is 205 Å². The molecule has 0 aliphatic heterocycles. The van der Waals surface area contributed by atoms with Gasteiger partial charge in [0.05, 0.1) is 5.69 Å². The van der Waals surface area contributed by atoms with Crippen LogP contribution in [0, 0.1) is 0 Å². The van der Waals surface area contributed by atoms with Crippen molar-refractivity contribution >= 4 is 5.91 Å². The lowest BCUT2D eigenvalue weighted by atomic mass is 9.98. The summed E-state index contributed by atoms with van der Waals surface area (Å²) in [6.45, 7) is 7.04. The molecule has 2 aromatic carbocycles. The van der Waals surface area contributed by atoms with Gasteiger partial charge in [0.1, 0.15) is 17.9 Å². The summed E-state index contributed by atoms with van der Waals surface area (Å²) < 4.78 is 6.20. The van der Waals surface area contributed by atoms with E-state index >= 15 is 0 Å². The average Bonchev–Trinajstić information content (AvgIpc) is 3.45. The quantitative estimate of drug-likeness (QED) is 0.346. The molecular weight excluding hydrogens is 440 g/mol. The minimum absolute atomic E-state index is 0.137. The van der Waals surface area contributed by atoms with Gasteiger partial charge in [-0.25, -0.2) is 0 Å². The van der Waals surface area contributed by atoms with Crippen molar-refractivity contribution in [3.8, 4) is 28.3 Å². The second-order valence-electron chi connectivity index (χ2n) is 8.16. The van der Waals surface area contributed by atoms with Crippen LogP contribution >= 0.6 is 0 Å². The van der Waals surface area contributed by atoms with Gasteiger partial charge in [-0.05, 0) is 41.2 Å². The van der Waals surface area contributed by atoms with Gasteiger partial charge in [0.15, 0.2) is 0 Å². The summed E-state index contributed by atoms with van der Waals surface area (Å²) in [7, 11) is 0. The molecule has 0 unspecified atom stereocenters. The summed E-state index contributed by atoms with van der Waals surface area (Å²) in [6.07, 6.45) is 2.30. The number of tetrazole rings is 1. The first-order valence-electron chi connectivity index (χ1n) is 12.0. The van der Waals surface area contributed by atoms with E-state index in [-0.39, 0.29) is 5.91 Å². The van der Waals surface area contributed by atoms with Crippen LogP contribution in [0.5, 0.6) is 5.75 Å². The zero-order chi connectivity index (χ0) is 24.6. The summed E-state index contributed by atoms with van der Waals surface area (Å²) in [5.74, 6) is 0.995. The second-order valence-corrected chi connectivity index (χ2v) is 8.16. The van der Waals surface area contributed by atoms with Gasteiger partial charge in [-0.2, -0.15) is 5.21 Å². The van der Waals surface area contributed by atoms with E-state index < -0.39 is 0 Å². The van der Waals surface area contributed by atoms with E-state index in [0.29, 0.717) is 36.7 Å². The Morgan fingerprint density at radius 1 is 1.00 bits per heavy atom. The molecule has 8 heteroatoms. The van der Waals surface area contributed by atoms with Crippen molar-refractivity contribution in [3.63, 3.8) is 0 Å². The summed E-state index contributed by atoms with van der Waals surface area (Å²) >= 11 is 0. The van der Waals surface area contributed by atoms with Crippen LogP contribution in [0.4, 0.5) is 0 Å². The van der Waals surface area contributed by atoms with Crippen molar-refractivity contribution in [1.29, 1.82) is 0 Å². The van der Waals surface area contributed by atoms with Crippen LogP contribution in [0.25, 0.3) is 22.5 Å². The molecule has 8 nitrogen and oxygen atoms in total. The number of rotatable bonds is 10. The molecule has 35 heavy (non-hydrogen) atoms. The Morgan fingerprint density at radius 3 is 2.43 bits per heavy atom. The highest BCUT2D eigenvalue weighted by Crippen LogP contribution is 2.30. The zero-order valence-corrected chi connectivity index (χ0v) is 20.3. The van der Waals surface area contributed by atoms with Crippen LogP contribution in [0.15, 0.2) is 54.6 Å². The zero-order valence-electron chi connectivity index (χ0n) is 20.3. The topological polar surface area (TPSA) is 106 Å². The van der Waals surface area contributed by atoms with Gasteiger partial charge in [0.2, 0.25) is 5.82 Å². The number of nitrogens with one attached hydrogen (secondary N) is 2. The number of carbonyl (C=O) groups excluding carboxylic acids is 1. The molecule has 0 atom stereocenters. The molecule has 0 fully saturated rings. The molecule has 2 heterocycles. The van der Waals surface area contributed by atoms with E-state index in [9.17, 15) is 4.79 Å². The number of benzene rings is 2. The molecular formula is C27H30N6O2. The summed E-state index contributed by atoms with van der Waals surface area (Å²) in [6, 6.07) is 18.0. The van der Waals surface area contributed by atoms with Gasteiger partial charge in [-0.1, -0.05) is 69.3 Å². The first-order valence-corrected chi connectivity index (χ1v) is 12.0. The molecule has 0 radical (unpaired) electrons. The van der Waals surface area contributed by atoms with Crippen LogP contribution < -0.4 is 10.1 Å². The molecule has 2 aromatic heterocycles. The molecule has 0 saturated heterocycles. The van der Waals surface area contributed by atoms with Crippen LogP contribution in [-0.4, -0.2) is 38.1 Å². The molecule has 0 saturated carbocycles. The van der Waals surface area contributed by atoms with Crippen molar-refractivity contribution < 1.29 is 9.53 Å². The lowest BCUT2D eigenvalue weighted by Gasteiger charge is -2.16. The van der Waals surface area contributed by atoms with Crippen LogP contribution in [-0.2, 0) is 19.4 Å². The molecule has 1 amide bonds. The number of ether oxygens (including phenoxy) is 1. The van der Waals surface area contributed by atoms with Crippen molar-refractivity contribution in [1.82, 2.24) is 30.9 Å². The number of pyridine rings is 1. The third-order valence-electron chi connectivity index (χ3n) is 5.74. The van der Waals surface area contributed by atoms with E-state index in [4.69, 9.17) is 4.74 Å².